The van der Waals surface area contributed by atoms with E-state index >= 15 is 0 Å². The third-order valence-corrected chi connectivity index (χ3v) is 7.14. The Morgan fingerprint density at radius 3 is 2.45 bits per heavy atom. The Morgan fingerprint density at radius 1 is 1.26 bits per heavy atom. The van der Waals surface area contributed by atoms with Crippen LogP contribution in [-0.4, -0.2) is 43.6 Å². The molecule has 1 saturated heterocycles. The molecular weight excluding hydrogens is 433 g/mol. The number of rotatable bonds is 9. The van der Waals surface area contributed by atoms with Crippen LogP contribution in [0.3, 0.4) is 0 Å². The first kappa shape index (κ1) is 25.5. The third kappa shape index (κ3) is 7.38. The molecule has 1 aromatic rings. The number of alkyl halides is 3. The summed E-state index contributed by atoms with van der Waals surface area (Å²) >= 11 is 0. The van der Waals surface area contributed by atoms with Crippen LogP contribution < -0.4 is 10.1 Å². The van der Waals surface area contributed by atoms with Gasteiger partial charge in [0.15, 0.2) is 0 Å². The van der Waals surface area contributed by atoms with Crippen LogP contribution in [0.25, 0.3) is 0 Å². The highest BCUT2D eigenvalue weighted by Crippen LogP contribution is 2.35. The summed E-state index contributed by atoms with van der Waals surface area (Å²) in [5, 5.41) is 2.58. The number of nitrogens with zero attached hydrogens (tertiary/aromatic N) is 1. The number of hydrogen-bond donors (Lipinski definition) is 1. The molecule has 1 N–H and O–H groups in total. The molecule has 0 aliphatic carbocycles. The molecule has 1 fully saturated rings. The van der Waals surface area contributed by atoms with Crippen LogP contribution in [0.5, 0.6) is 5.75 Å². The maximum atomic E-state index is 13.5. The number of sulfonamides is 1. The Kier molecular flexibility index (Phi) is 8.76. The van der Waals surface area contributed by atoms with Crippen molar-refractivity contribution in [3.05, 3.63) is 29.3 Å². The maximum Gasteiger partial charge on any atom is 0.416 e. The SMILES string of the molecule is CCCCS(=O)(=O)N1CCC(C(=O)NCc2ccc(OC(C)C)cc2C(F)(F)F)CC1. The zero-order valence-electron chi connectivity index (χ0n) is 18.2. The van der Waals surface area contributed by atoms with Crippen LogP contribution in [0.15, 0.2) is 18.2 Å². The van der Waals surface area contributed by atoms with E-state index in [2.05, 4.69) is 5.32 Å². The van der Waals surface area contributed by atoms with Gasteiger partial charge in [-0.3, -0.25) is 4.79 Å². The Hall–Kier alpha value is -1.81. The monoisotopic (exact) mass is 464 g/mol. The van der Waals surface area contributed by atoms with Gasteiger partial charge in [-0.05, 0) is 50.8 Å². The van der Waals surface area contributed by atoms with Crippen LogP contribution in [0.4, 0.5) is 13.2 Å². The minimum Gasteiger partial charge on any atom is -0.491 e. The molecule has 0 radical (unpaired) electrons. The zero-order valence-corrected chi connectivity index (χ0v) is 19.0. The second-order valence-corrected chi connectivity index (χ2v) is 10.1. The van der Waals surface area contributed by atoms with Gasteiger partial charge >= 0.3 is 6.18 Å². The highest BCUT2D eigenvalue weighted by atomic mass is 32.2. The lowest BCUT2D eigenvalue weighted by molar-refractivity contribution is -0.138. The largest absolute Gasteiger partial charge is 0.491 e. The molecule has 31 heavy (non-hydrogen) atoms. The van der Waals surface area contributed by atoms with Crippen molar-refractivity contribution in [3.8, 4) is 5.75 Å². The fourth-order valence-corrected chi connectivity index (χ4v) is 5.18. The van der Waals surface area contributed by atoms with Crippen molar-refractivity contribution in [2.45, 2.75) is 65.3 Å². The normalized spacial score (nSPS) is 16.5. The van der Waals surface area contributed by atoms with Crippen molar-refractivity contribution in [3.63, 3.8) is 0 Å². The first-order valence-electron chi connectivity index (χ1n) is 10.6. The summed E-state index contributed by atoms with van der Waals surface area (Å²) in [6, 6.07) is 3.71. The van der Waals surface area contributed by atoms with E-state index < -0.39 is 27.7 Å². The number of benzene rings is 1. The summed E-state index contributed by atoms with van der Waals surface area (Å²) in [6.07, 6.45) is -2.76. The molecule has 0 aromatic heterocycles. The molecule has 0 bridgehead atoms. The van der Waals surface area contributed by atoms with Gasteiger partial charge in [0.05, 0.1) is 17.4 Å². The quantitative estimate of drug-likeness (QED) is 0.601. The average Bonchev–Trinajstić information content (AvgIpc) is 2.70. The van der Waals surface area contributed by atoms with Crippen molar-refractivity contribution in [1.82, 2.24) is 9.62 Å². The first-order valence-corrected chi connectivity index (χ1v) is 12.2. The van der Waals surface area contributed by atoms with Gasteiger partial charge in [0, 0.05) is 25.6 Å². The molecule has 176 valence electrons. The third-order valence-electron chi connectivity index (χ3n) is 5.19. The van der Waals surface area contributed by atoms with E-state index in [0.717, 1.165) is 12.5 Å². The van der Waals surface area contributed by atoms with Gasteiger partial charge in [-0.1, -0.05) is 19.4 Å². The second kappa shape index (κ2) is 10.7. The number of halogens is 3. The Bertz CT molecular complexity index is 849. The number of carbonyl (C=O) groups is 1. The van der Waals surface area contributed by atoms with Gasteiger partial charge in [-0.15, -0.1) is 0 Å². The fraction of sp³-hybridized carbons (Fsp3) is 0.667. The van der Waals surface area contributed by atoms with Crippen molar-refractivity contribution in [2.75, 3.05) is 18.8 Å². The molecule has 0 spiro atoms. The highest BCUT2D eigenvalue weighted by molar-refractivity contribution is 7.89. The molecule has 10 heteroatoms. The van der Waals surface area contributed by atoms with Crippen LogP contribution in [0.1, 0.15) is 57.6 Å². The van der Waals surface area contributed by atoms with Crippen molar-refractivity contribution >= 4 is 15.9 Å². The van der Waals surface area contributed by atoms with Crippen molar-refractivity contribution in [2.24, 2.45) is 5.92 Å². The minimum absolute atomic E-state index is 0.0449. The van der Waals surface area contributed by atoms with Crippen LogP contribution >= 0.6 is 0 Å². The number of nitrogens with one attached hydrogen (secondary N) is 1. The molecule has 6 nitrogen and oxygen atoms in total. The molecule has 2 rings (SSSR count). The molecular formula is C21H31F3N2O4S. The lowest BCUT2D eigenvalue weighted by Gasteiger charge is -2.30. The molecule has 1 aliphatic heterocycles. The van der Waals surface area contributed by atoms with Crippen molar-refractivity contribution < 1.29 is 31.1 Å². The van der Waals surface area contributed by atoms with E-state index in [1.54, 1.807) is 13.8 Å². The van der Waals surface area contributed by atoms with E-state index in [9.17, 15) is 26.4 Å². The van der Waals surface area contributed by atoms with Gasteiger partial charge in [0.1, 0.15) is 5.75 Å². The highest BCUT2D eigenvalue weighted by Gasteiger charge is 2.35. The number of piperidine rings is 1. The smallest absolute Gasteiger partial charge is 0.416 e. The van der Waals surface area contributed by atoms with Crippen molar-refractivity contribution in [1.29, 1.82) is 0 Å². The Balaban J connectivity index is 1.97. The number of unbranched alkanes of at least 4 members (excludes halogenated alkanes) is 1. The number of hydrogen-bond acceptors (Lipinski definition) is 4. The van der Waals surface area contributed by atoms with Gasteiger partial charge in [0.2, 0.25) is 15.9 Å². The topological polar surface area (TPSA) is 75.7 Å². The van der Waals surface area contributed by atoms with Gasteiger partial charge in [-0.25, -0.2) is 12.7 Å². The van der Waals surface area contributed by atoms with Crippen LogP contribution in [0.2, 0.25) is 0 Å². The first-order chi connectivity index (χ1) is 14.4. The fourth-order valence-electron chi connectivity index (χ4n) is 3.50. The zero-order chi connectivity index (χ0) is 23.2. The maximum absolute atomic E-state index is 13.5. The number of carbonyl (C=O) groups excluding carboxylic acids is 1. The van der Waals surface area contributed by atoms with Crippen LogP contribution in [-0.2, 0) is 27.5 Å². The van der Waals surface area contributed by atoms with E-state index in [1.807, 2.05) is 6.92 Å². The predicted molar refractivity (Wildman–Crippen MR) is 112 cm³/mol. The number of ether oxygens (including phenoxy) is 1. The molecule has 0 saturated carbocycles. The van der Waals surface area contributed by atoms with Crippen LogP contribution in [0, 0.1) is 5.92 Å². The molecule has 1 aromatic carbocycles. The van der Waals surface area contributed by atoms with Gasteiger partial charge in [-0.2, -0.15) is 13.2 Å². The Morgan fingerprint density at radius 2 is 1.90 bits per heavy atom. The van der Waals surface area contributed by atoms with E-state index in [-0.39, 0.29) is 48.7 Å². The van der Waals surface area contributed by atoms with Gasteiger partial charge in [0.25, 0.3) is 0 Å². The molecule has 1 aliphatic rings. The molecule has 0 atom stereocenters. The van der Waals surface area contributed by atoms with E-state index in [0.29, 0.717) is 19.3 Å². The van der Waals surface area contributed by atoms with E-state index in [1.165, 1.54) is 16.4 Å². The van der Waals surface area contributed by atoms with E-state index in [4.69, 9.17) is 4.74 Å². The lowest BCUT2D eigenvalue weighted by atomic mass is 9.97. The average molecular weight is 465 g/mol. The summed E-state index contributed by atoms with van der Waals surface area (Å²) in [5.74, 6) is -0.567. The summed E-state index contributed by atoms with van der Waals surface area (Å²) in [5.41, 5.74) is -0.890. The minimum atomic E-state index is -4.57. The standard InChI is InChI=1S/C21H31F3N2O4S/c1-4-5-12-31(28,29)26-10-8-16(9-11-26)20(27)25-14-17-6-7-18(30-15(2)3)13-19(17)21(22,23)24/h6-7,13,15-16H,4-5,8-12,14H2,1-3H3,(H,25,27). The van der Waals surface area contributed by atoms with Gasteiger partial charge < -0.3 is 10.1 Å². The molecule has 1 heterocycles. The summed E-state index contributed by atoms with van der Waals surface area (Å²) < 4.78 is 71.7. The molecule has 0 unspecified atom stereocenters. The summed E-state index contributed by atoms with van der Waals surface area (Å²) in [4.78, 5) is 12.5. The second-order valence-electron chi connectivity index (χ2n) is 8.04. The predicted octanol–water partition coefficient (Wildman–Crippen LogP) is 3.95. The summed E-state index contributed by atoms with van der Waals surface area (Å²) in [7, 11) is -3.32. The number of amides is 1. The lowest BCUT2D eigenvalue weighted by Crippen LogP contribution is -2.43. The Labute approximate surface area is 182 Å². The summed E-state index contributed by atoms with van der Waals surface area (Å²) in [6.45, 7) is 5.60. The molecule has 1 amide bonds.